The minimum Gasteiger partial charge on any atom is -0.403 e. The van der Waals surface area contributed by atoms with E-state index >= 15 is 0 Å². The average Bonchev–Trinajstić information content (AvgIpc) is 3.06. The number of aryl methyl sites for hydroxylation is 1. The van der Waals surface area contributed by atoms with Crippen molar-refractivity contribution in [3.63, 3.8) is 0 Å². The van der Waals surface area contributed by atoms with E-state index in [2.05, 4.69) is 20.0 Å². The standard InChI is InChI=1S/C20H13F4N5O3/c1-28-10-12(11-4-2-3-5-16(11)28)14-6-7-25-19(26-14)27-15-9-17(29(30)31)13(21)8-18(15)32-20(22,23)24/h2-10H,1H3,(H,25,26,27). The minimum atomic E-state index is -5.15. The summed E-state index contributed by atoms with van der Waals surface area (Å²) in [6, 6.07) is 10.0. The first-order valence-electron chi connectivity index (χ1n) is 9.00. The van der Waals surface area contributed by atoms with Gasteiger partial charge in [0, 0.05) is 48.0 Å². The normalized spacial score (nSPS) is 11.5. The van der Waals surface area contributed by atoms with E-state index in [1.165, 1.54) is 6.20 Å². The quantitative estimate of drug-likeness (QED) is 0.253. The fourth-order valence-electron chi connectivity index (χ4n) is 3.23. The van der Waals surface area contributed by atoms with E-state index in [9.17, 15) is 27.7 Å². The molecule has 2 heterocycles. The van der Waals surface area contributed by atoms with Gasteiger partial charge in [-0.15, -0.1) is 13.2 Å². The van der Waals surface area contributed by atoms with Crippen LogP contribution in [0.1, 0.15) is 0 Å². The van der Waals surface area contributed by atoms with Crippen LogP contribution in [0.3, 0.4) is 0 Å². The summed E-state index contributed by atoms with van der Waals surface area (Å²) in [6.45, 7) is 0. The van der Waals surface area contributed by atoms with Crippen molar-refractivity contribution in [2.24, 2.45) is 7.05 Å². The summed E-state index contributed by atoms with van der Waals surface area (Å²) >= 11 is 0. The van der Waals surface area contributed by atoms with Crippen LogP contribution in [0.2, 0.25) is 0 Å². The first-order valence-corrected chi connectivity index (χ1v) is 9.00. The molecule has 0 saturated heterocycles. The number of aromatic nitrogens is 3. The molecule has 0 saturated carbocycles. The maximum absolute atomic E-state index is 13.9. The number of halogens is 4. The van der Waals surface area contributed by atoms with Crippen LogP contribution in [0.5, 0.6) is 5.75 Å². The lowest BCUT2D eigenvalue weighted by Gasteiger charge is -2.14. The van der Waals surface area contributed by atoms with Crippen LogP contribution in [0.25, 0.3) is 22.2 Å². The molecule has 0 bridgehead atoms. The third-order valence-electron chi connectivity index (χ3n) is 4.55. The predicted molar refractivity (Wildman–Crippen MR) is 107 cm³/mol. The number of nitrogens with zero attached hydrogens (tertiary/aromatic N) is 4. The zero-order valence-electron chi connectivity index (χ0n) is 16.2. The summed E-state index contributed by atoms with van der Waals surface area (Å²) in [6.07, 6.45) is -1.95. The Balaban J connectivity index is 1.76. The zero-order valence-corrected chi connectivity index (χ0v) is 16.2. The second-order valence-corrected chi connectivity index (χ2v) is 6.67. The third kappa shape index (κ3) is 4.15. The predicted octanol–water partition coefficient (Wildman–Crippen LogP) is 5.32. The number of nitro groups is 1. The summed E-state index contributed by atoms with van der Waals surface area (Å²) in [7, 11) is 1.85. The Morgan fingerprint density at radius 2 is 1.94 bits per heavy atom. The molecule has 12 heteroatoms. The van der Waals surface area contributed by atoms with E-state index < -0.39 is 34.2 Å². The molecule has 0 atom stereocenters. The lowest BCUT2D eigenvalue weighted by Crippen LogP contribution is -2.18. The number of hydrogen-bond acceptors (Lipinski definition) is 6. The summed E-state index contributed by atoms with van der Waals surface area (Å²) in [5.74, 6) is -2.65. The molecule has 0 aliphatic rings. The fourth-order valence-corrected chi connectivity index (χ4v) is 3.23. The van der Waals surface area contributed by atoms with Gasteiger partial charge >= 0.3 is 12.0 Å². The van der Waals surface area contributed by atoms with Gasteiger partial charge in [-0.3, -0.25) is 10.1 Å². The maximum Gasteiger partial charge on any atom is 0.573 e. The van der Waals surface area contributed by atoms with Crippen LogP contribution in [0, 0.1) is 15.9 Å². The highest BCUT2D eigenvalue weighted by atomic mass is 19.4. The highest BCUT2D eigenvalue weighted by molar-refractivity contribution is 5.95. The molecule has 164 valence electrons. The fraction of sp³-hybridized carbons (Fsp3) is 0.100. The van der Waals surface area contributed by atoms with Gasteiger partial charge in [0.15, 0.2) is 5.75 Å². The molecule has 4 aromatic rings. The molecule has 2 aromatic carbocycles. The summed E-state index contributed by atoms with van der Waals surface area (Å²) < 4.78 is 57.8. The molecule has 0 radical (unpaired) electrons. The Morgan fingerprint density at radius 1 is 1.19 bits per heavy atom. The van der Waals surface area contributed by atoms with Crippen molar-refractivity contribution in [1.29, 1.82) is 0 Å². The number of rotatable bonds is 5. The van der Waals surface area contributed by atoms with Crippen molar-refractivity contribution < 1.29 is 27.2 Å². The maximum atomic E-state index is 13.9. The Labute approximate surface area is 177 Å². The Hall–Kier alpha value is -4.22. The smallest absolute Gasteiger partial charge is 0.403 e. The molecule has 0 aliphatic carbocycles. The highest BCUT2D eigenvalue weighted by Crippen LogP contribution is 2.37. The SMILES string of the molecule is Cn1cc(-c2ccnc(Nc3cc([N+](=O)[O-])c(F)cc3OC(F)(F)F)n2)c2ccccc21. The molecule has 0 spiro atoms. The van der Waals surface area contributed by atoms with Crippen molar-refractivity contribution in [3.8, 4) is 17.0 Å². The number of nitrogens with one attached hydrogen (secondary N) is 1. The summed E-state index contributed by atoms with van der Waals surface area (Å²) in [5, 5.41) is 14.4. The van der Waals surface area contributed by atoms with Crippen molar-refractivity contribution in [1.82, 2.24) is 14.5 Å². The van der Waals surface area contributed by atoms with Gasteiger partial charge in [-0.1, -0.05) is 18.2 Å². The van der Waals surface area contributed by atoms with Crippen LogP contribution in [-0.2, 0) is 7.05 Å². The van der Waals surface area contributed by atoms with E-state index in [0.29, 0.717) is 11.8 Å². The molecule has 1 N–H and O–H groups in total. The highest BCUT2D eigenvalue weighted by Gasteiger charge is 2.34. The van der Waals surface area contributed by atoms with Gasteiger partial charge in [0.05, 0.1) is 16.3 Å². The first kappa shape index (κ1) is 21.0. The van der Waals surface area contributed by atoms with Crippen molar-refractivity contribution in [3.05, 3.63) is 70.8 Å². The summed E-state index contributed by atoms with van der Waals surface area (Å²) in [4.78, 5) is 18.2. The molecule has 0 aliphatic heterocycles. The molecule has 8 nitrogen and oxygen atoms in total. The second kappa shape index (κ2) is 7.80. The zero-order chi connectivity index (χ0) is 23.0. The van der Waals surface area contributed by atoms with Gasteiger partial charge in [0.2, 0.25) is 11.8 Å². The lowest BCUT2D eigenvalue weighted by molar-refractivity contribution is -0.387. The monoisotopic (exact) mass is 447 g/mol. The third-order valence-corrected chi connectivity index (χ3v) is 4.55. The van der Waals surface area contributed by atoms with Crippen LogP contribution in [0.15, 0.2) is 54.9 Å². The number of nitro benzene ring substituents is 1. The van der Waals surface area contributed by atoms with Gasteiger partial charge < -0.3 is 14.6 Å². The second-order valence-electron chi connectivity index (χ2n) is 6.67. The Morgan fingerprint density at radius 3 is 2.66 bits per heavy atom. The molecule has 0 fully saturated rings. The number of anilines is 2. The van der Waals surface area contributed by atoms with Gasteiger partial charge in [0.1, 0.15) is 0 Å². The van der Waals surface area contributed by atoms with E-state index in [0.717, 1.165) is 16.5 Å². The molecule has 2 aromatic heterocycles. The Bertz CT molecular complexity index is 1340. The number of alkyl halides is 3. The Kier molecular flexibility index (Phi) is 5.12. The van der Waals surface area contributed by atoms with Gasteiger partial charge in [-0.2, -0.15) is 4.39 Å². The minimum absolute atomic E-state index is 0.164. The van der Waals surface area contributed by atoms with E-state index in [-0.39, 0.29) is 12.0 Å². The molecule has 4 rings (SSSR count). The van der Waals surface area contributed by atoms with Crippen molar-refractivity contribution in [2.45, 2.75) is 6.36 Å². The number of fused-ring (bicyclic) bond motifs is 1. The van der Waals surface area contributed by atoms with Crippen LogP contribution < -0.4 is 10.1 Å². The van der Waals surface area contributed by atoms with E-state index in [1.807, 2.05) is 42.1 Å². The molecule has 0 amide bonds. The molecular weight excluding hydrogens is 434 g/mol. The number of hydrogen-bond donors (Lipinski definition) is 1. The molecular formula is C20H13F4N5O3. The first-order chi connectivity index (χ1) is 15.1. The number of para-hydroxylation sites is 1. The van der Waals surface area contributed by atoms with E-state index in [1.54, 1.807) is 6.07 Å². The van der Waals surface area contributed by atoms with Crippen molar-refractivity contribution >= 4 is 28.2 Å². The van der Waals surface area contributed by atoms with Gasteiger partial charge in [0.25, 0.3) is 0 Å². The largest absolute Gasteiger partial charge is 0.573 e. The van der Waals surface area contributed by atoms with E-state index in [4.69, 9.17) is 0 Å². The number of ether oxygens (including phenoxy) is 1. The molecule has 32 heavy (non-hydrogen) atoms. The van der Waals surface area contributed by atoms with Crippen LogP contribution in [-0.4, -0.2) is 25.8 Å². The molecule has 0 unspecified atom stereocenters. The average molecular weight is 447 g/mol. The van der Waals surface area contributed by atoms with Crippen LogP contribution in [0.4, 0.5) is 34.9 Å². The van der Waals surface area contributed by atoms with Gasteiger partial charge in [-0.25, -0.2) is 9.97 Å². The number of benzene rings is 2. The summed E-state index contributed by atoms with van der Waals surface area (Å²) in [5.41, 5.74) is 0.572. The lowest BCUT2D eigenvalue weighted by atomic mass is 10.1. The topological polar surface area (TPSA) is 95.1 Å². The van der Waals surface area contributed by atoms with Gasteiger partial charge in [-0.05, 0) is 12.1 Å². The van der Waals surface area contributed by atoms with Crippen molar-refractivity contribution in [2.75, 3.05) is 5.32 Å². The van der Waals surface area contributed by atoms with Crippen LogP contribution >= 0.6 is 0 Å².